The summed E-state index contributed by atoms with van der Waals surface area (Å²) in [6.07, 6.45) is -0.689. The van der Waals surface area contributed by atoms with Crippen LogP contribution in [-0.2, 0) is 0 Å². The SMILES string of the molecule is CN(C)C(c1ccsc1Cl)C(O)c1ccsc1Cl. The van der Waals surface area contributed by atoms with Crippen LogP contribution in [0.2, 0.25) is 8.67 Å². The Hall–Kier alpha value is -0.100. The number of rotatable bonds is 4. The maximum Gasteiger partial charge on any atom is 0.101 e. The maximum absolute atomic E-state index is 10.5. The minimum absolute atomic E-state index is 0.198. The first-order chi connectivity index (χ1) is 8.52. The van der Waals surface area contributed by atoms with Crippen molar-refractivity contribution < 1.29 is 5.11 Å². The van der Waals surface area contributed by atoms with Crippen molar-refractivity contribution in [3.05, 3.63) is 42.7 Å². The van der Waals surface area contributed by atoms with E-state index in [4.69, 9.17) is 23.2 Å². The smallest absolute Gasteiger partial charge is 0.101 e. The number of hydrogen-bond acceptors (Lipinski definition) is 4. The lowest BCUT2D eigenvalue weighted by atomic mass is 9.99. The van der Waals surface area contributed by atoms with Crippen LogP contribution in [0.15, 0.2) is 22.9 Å². The Bertz CT molecular complexity index is 524. The van der Waals surface area contributed by atoms with Crippen molar-refractivity contribution in [2.45, 2.75) is 12.1 Å². The van der Waals surface area contributed by atoms with E-state index in [0.29, 0.717) is 8.67 Å². The molecule has 1 N–H and O–H groups in total. The van der Waals surface area contributed by atoms with Gasteiger partial charge in [0.25, 0.3) is 0 Å². The van der Waals surface area contributed by atoms with Crippen LogP contribution in [0.3, 0.4) is 0 Å². The fourth-order valence-corrected chi connectivity index (χ4v) is 3.91. The average Bonchev–Trinajstić information content (AvgIpc) is 2.88. The first-order valence-electron chi connectivity index (χ1n) is 5.32. The third-order valence-corrected chi connectivity index (χ3v) is 5.19. The van der Waals surface area contributed by atoms with Crippen LogP contribution in [0, 0.1) is 0 Å². The lowest BCUT2D eigenvalue weighted by Gasteiger charge is -2.29. The van der Waals surface area contributed by atoms with Crippen molar-refractivity contribution in [1.82, 2.24) is 4.90 Å². The Morgan fingerprint density at radius 2 is 1.56 bits per heavy atom. The van der Waals surface area contributed by atoms with Gasteiger partial charge in [0.1, 0.15) is 6.10 Å². The molecule has 2 atom stereocenters. The summed E-state index contributed by atoms with van der Waals surface area (Å²) < 4.78 is 1.33. The zero-order valence-corrected chi connectivity index (χ0v) is 13.1. The Balaban J connectivity index is 2.38. The Morgan fingerprint density at radius 1 is 1.06 bits per heavy atom. The highest BCUT2D eigenvalue weighted by atomic mass is 35.5. The lowest BCUT2D eigenvalue weighted by molar-refractivity contribution is 0.0761. The Kier molecular flexibility index (Phi) is 4.69. The predicted molar refractivity (Wildman–Crippen MR) is 80.0 cm³/mol. The monoisotopic (exact) mass is 321 g/mol. The largest absolute Gasteiger partial charge is 0.386 e. The van der Waals surface area contributed by atoms with Crippen molar-refractivity contribution in [3.8, 4) is 0 Å². The summed E-state index contributed by atoms with van der Waals surface area (Å²) in [4.78, 5) is 1.95. The molecule has 2 nitrogen and oxygen atoms in total. The second-order valence-electron chi connectivity index (χ2n) is 4.15. The second-order valence-corrected chi connectivity index (χ2v) is 7.19. The molecule has 0 spiro atoms. The summed E-state index contributed by atoms with van der Waals surface area (Å²) in [5.41, 5.74) is 1.68. The average molecular weight is 322 g/mol. The van der Waals surface area contributed by atoms with Crippen LogP contribution in [0.1, 0.15) is 23.3 Å². The molecule has 0 aliphatic rings. The predicted octanol–water partition coefficient (Wildman–Crippen LogP) is 4.45. The van der Waals surface area contributed by atoms with Gasteiger partial charge in [0.05, 0.1) is 14.7 Å². The number of halogens is 2. The van der Waals surface area contributed by atoms with E-state index in [9.17, 15) is 5.11 Å². The third kappa shape index (κ3) is 2.74. The van der Waals surface area contributed by atoms with Crippen molar-refractivity contribution in [3.63, 3.8) is 0 Å². The summed E-state index contributed by atoms with van der Waals surface area (Å²) >= 11 is 15.2. The molecular formula is C12H13Cl2NOS2. The van der Waals surface area contributed by atoms with E-state index >= 15 is 0 Å². The molecule has 2 unspecified atom stereocenters. The van der Waals surface area contributed by atoms with Crippen molar-refractivity contribution in [2.24, 2.45) is 0 Å². The number of aliphatic hydroxyl groups excluding tert-OH is 1. The van der Waals surface area contributed by atoms with Crippen LogP contribution in [0.4, 0.5) is 0 Å². The van der Waals surface area contributed by atoms with Gasteiger partial charge in [-0.15, -0.1) is 22.7 Å². The Morgan fingerprint density at radius 3 is 1.94 bits per heavy atom. The second kappa shape index (κ2) is 5.90. The molecule has 2 aromatic heterocycles. The number of aliphatic hydroxyl groups is 1. The van der Waals surface area contributed by atoms with E-state index < -0.39 is 6.10 Å². The summed E-state index contributed by atoms with van der Waals surface area (Å²) in [5, 5.41) is 14.3. The molecule has 0 saturated carbocycles. The highest BCUT2D eigenvalue weighted by Gasteiger charge is 2.29. The van der Waals surface area contributed by atoms with Gasteiger partial charge in [-0.25, -0.2) is 0 Å². The van der Waals surface area contributed by atoms with E-state index in [2.05, 4.69) is 0 Å². The zero-order chi connectivity index (χ0) is 13.3. The zero-order valence-electron chi connectivity index (χ0n) is 9.93. The maximum atomic E-state index is 10.5. The molecule has 2 heterocycles. The fourth-order valence-electron chi connectivity index (χ4n) is 1.93. The molecule has 0 aromatic carbocycles. The summed E-state index contributed by atoms with van der Waals surface area (Å²) in [7, 11) is 3.84. The molecule has 0 radical (unpaired) electrons. The Labute approximate surface area is 124 Å². The van der Waals surface area contributed by atoms with E-state index in [0.717, 1.165) is 11.1 Å². The van der Waals surface area contributed by atoms with E-state index in [-0.39, 0.29) is 6.04 Å². The van der Waals surface area contributed by atoms with Crippen LogP contribution in [0.5, 0.6) is 0 Å². The van der Waals surface area contributed by atoms with Gasteiger partial charge in [0.15, 0.2) is 0 Å². The normalized spacial score (nSPS) is 15.0. The standard InChI is InChI=1S/C12H13Cl2NOS2/c1-15(2)9(7-3-5-17-11(7)13)10(16)8-4-6-18-12(8)14/h3-6,9-10,16H,1-2H3. The molecule has 18 heavy (non-hydrogen) atoms. The highest BCUT2D eigenvalue weighted by molar-refractivity contribution is 7.14. The van der Waals surface area contributed by atoms with Gasteiger partial charge in [-0.3, -0.25) is 4.90 Å². The van der Waals surface area contributed by atoms with Crippen LogP contribution < -0.4 is 0 Å². The summed E-state index contributed by atoms with van der Waals surface area (Å²) in [6.45, 7) is 0. The first-order valence-corrected chi connectivity index (χ1v) is 7.84. The minimum Gasteiger partial charge on any atom is -0.386 e. The van der Waals surface area contributed by atoms with Crippen molar-refractivity contribution in [1.29, 1.82) is 0 Å². The first kappa shape index (κ1) is 14.3. The van der Waals surface area contributed by atoms with Crippen molar-refractivity contribution >= 4 is 45.9 Å². The van der Waals surface area contributed by atoms with Crippen LogP contribution in [-0.4, -0.2) is 24.1 Å². The quantitative estimate of drug-likeness (QED) is 0.899. The van der Waals surface area contributed by atoms with Gasteiger partial charge in [-0.2, -0.15) is 0 Å². The minimum atomic E-state index is -0.689. The van der Waals surface area contributed by atoms with Crippen LogP contribution >= 0.6 is 45.9 Å². The molecule has 0 saturated heterocycles. The molecule has 98 valence electrons. The van der Waals surface area contributed by atoms with Gasteiger partial charge in [0.2, 0.25) is 0 Å². The van der Waals surface area contributed by atoms with Crippen LogP contribution in [0.25, 0.3) is 0 Å². The molecule has 2 rings (SSSR count). The van der Waals surface area contributed by atoms with Gasteiger partial charge >= 0.3 is 0 Å². The molecule has 0 bridgehead atoms. The molecule has 0 amide bonds. The number of nitrogens with zero attached hydrogens (tertiary/aromatic N) is 1. The number of hydrogen-bond donors (Lipinski definition) is 1. The van der Waals surface area contributed by atoms with Gasteiger partial charge in [-0.05, 0) is 37.0 Å². The summed E-state index contributed by atoms with van der Waals surface area (Å²) in [6, 6.07) is 3.60. The number of likely N-dealkylation sites (N-methyl/N-ethyl adjacent to an activating group) is 1. The van der Waals surface area contributed by atoms with Gasteiger partial charge in [0, 0.05) is 11.1 Å². The molecule has 6 heteroatoms. The molecule has 0 aliphatic heterocycles. The van der Waals surface area contributed by atoms with E-state index in [1.165, 1.54) is 22.7 Å². The van der Waals surface area contributed by atoms with E-state index in [1.54, 1.807) is 0 Å². The molecular weight excluding hydrogens is 309 g/mol. The lowest BCUT2D eigenvalue weighted by Crippen LogP contribution is -2.26. The molecule has 0 fully saturated rings. The molecule has 0 aliphatic carbocycles. The topological polar surface area (TPSA) is 23.5 Å². The fraction of sp³-hybridized carbons (Fsp3) is 0.333. The van der Waals surface area contributed by atoms with Gasteiger partial charge in [-0.1, -0.05) is 23.2 Å². The van der Waals surface area contributed by atoms with Crippen molar-refractivity contribution in [2.75, 3.05) is 14.1 Å². The van der Waals surface area contributed by atoms with Gasteiger partial charge < -0.3 is 5.11 Å². The van der Waals surface area contributed by atoms with E-state index in [1.807, 2.05) is 41.9 Å². The third-order valence-electron chi connectivity index (χ3n) is 2.78. The highest BCUT2D eigenvalue weighted by Crippen LogP contribution is 2.41. The molecule has 2 aromatic rings. The summed E-state index contributed by atoms with van der Waals surface area (Å²) in [5.74, 6) is 0. The number of thiophene rings is 2.